The van der Waals surface area contributed by atoms with Crippen LogP contribution in [0, 0.1) is 5.82 Å². The van der Waals surface area contributed by atoms with Gasteiger partial charge in [-0.3, -0.25) is 0 Å². The van der Waals surface area contributed by atoms with Gasteiger partial charge in [-0.1, -0.05) is 23.7 Å². The fourth-order valence-corrected chi connectivity index (χ4v) is 1.45. The standard InChI is InChI=1S/C11H13ClFN/c1-3-6-11(2,14)8-4-5-10(13)9(12)7-8/h3-5,7H,1,6,14H2,2H3/t11-/m1/s1. The molecule has 1 atom stereocenters. The second kappa shape index (κ2) is 4.11. The summed E-state index contributed by atoms with van der Waals surface area (Å²) >= 11 is 5.66. The Morgan fingerprint density at radius 3 is 2.79 bits per heavy atom. The molecule has 1 nitrogen and oxygen atoms in total. The summed E-state index contributed by atoms with van der Waals surface area (Å²) in [6, 6.07) is 4.52. The predicted octanol–water partition coefficient (Wildman–Crippen LogP) is 3.23. The maximum absolute atomic E-state index is 12.9. The van der Waals surface area contributed by atoms with E-state index in [9.17, 15) is 4.39 Å². The molecule has 0 unspecified atom stereocenters. The molecule has 1 aromatic rings. The van der Waals surface area contributed by atoms with Crippen molar-refractivity contribution in [3.63, 3.8) is 0 Å². The van der Waals surface area contributed by atoms with Crippen LogP contribution >= 0.6 is 11.6 Å². The van der Waals surface area contributed by atoms with Crippen molar-refractivity contribution in [1.82, 2.24) is 0 Å². The molecule has 0 amide bonds. The lowest BCUT2D eigenvalue weighted by molar-refractivity contribution is 0.501. The van der Waals surface area contributed by atoms with Crippen LogP contribution in [0.25, 0.3) is 0 Å². The fraction of sp³-hybridized carbons (Fsp3) is 0.273. The largest absolute Gasteiger partial charge is 0.321 e. The van der Waals surface area contributed by atoms with Gasteiger partial charge >= 0.3 is 0 Å². The molecule has 0 saturated heterocycles. The van der Waals surface area contributed by atoms with Crippen molar-refractivity contribution in [3.05, 3.63) is 47.3 Å². The Morgan fingerprint density at radius 2 is 2.29 bits per heavy atom. The number of hydrogen-bond acceptors (Lipinski definition) is 1. The Hall–Kier alpha value is -0.860. The number of halogens is 2. The molecular formula is C11H13ClFN. The average Bonchev–Trinajstić information content (AvgIpc) is 2.09. The van der Waals surface area contributed by atoms with Gasteiger partial charge in [0.15, 0.2) is 0 Å². The first-order chi connectivity index (χ1) is 6.47. The van der Waals surface area contributed by atoms with Crippen LogP contribution in [0.3, 0.4) is 0 Å². The van der Waals surface area contributed by atoms with Gasteiger partial charge in [0, 0.05) is 5.54 Å². The number of benzene rings is 1. The van der Waals surface area contributed by atoms with Gasteiger partial charge in [-0.05, 0) is 31.0 Å². The second-order valence-corrected chi connectivity index (χ2v) is 3.95. The van der Waals surface area contributed by atoms with Crippen LogP contribution in [0.5, 0.6) is 0 Å². The molecule has 76 valence electrons. The van der Waals surface area contributed by atoms with E-state index in [0.717, 1.165) is 5.56 Å². The number of nitrogens with two attached hydrogens (primary N) is 1. The van der Waals surface area contributed by atoms with E-state index >= 15 is 0 Å². The smallest absolute Gasteiger partial charge is 0.141 e. The predicted molar refractivity (Wildman–Crippen MR) is 57.8 cm³/mol. The highest BCUT2D eigenvalue weighted by atomic mass is 35.5. The minimum absolute atomic E-state index is 0.100. The summed E-state index contributed by atoms with van der Waals surface area (Å²) in [6.45, 7) is 5.48. The van der Waals surface area contributed by atoms with Crippen LogP contribution in [0.15, 0.2) is 30.9 Å². The van der Waals surface area contributed by atoms with Crippen molar-refractivity contribution in [2.45, 2.75) is 18.9 Å². The summed E-state index contributed by atoms with van der Waals surface area (Å²) in [7, 11) is 0. The third kappa shape index (κ3) is 2.34. The van der Waals surface area contributed by atoms with E-state index in [-0.39, 0.29) is 5.02 Å². The van der Waals surface area contributed by atoms with E-state index in [1.807, 2.05) is 6.92 Å². The van der Waals surface area contributed by atoms with Crippen molar-refractivity contribution in [3.8, 4) is 0 Å². The summed E-state index contributed by atoms with van der Waals surface area (Å²) in [5.74, 6) is -0.426. The molecule has 14 heavy (non-hydrogen) atoms. The Kier molecular flexibility index (Phi) is 3.29. The molecule has 1 rings (SSSR count). The van der Waals surface area contributed by atoms with E-state index in [4.69, 9.17) is 17.3 Å². The summed E-state index contributed by atoms with van der Waals surface area (Å²) < 4.78 is 12.9. The Morgan fingerprint density at radius 1 is 1.64 bits per heavy atom. The molecule has 0 bridgehead atoms. The Labute approximate surface area is 88.4 Å². The van der Waals surface area contributed by atoms with Gasteiger partial charge < -0.3 is 5.73 Å². The maximum Gasteiger partial charge on any atom is 0.141 e. The monoisotopic (exact) mass is 213 g/mol. The third-order valence-corrected chi connectivity index (χ3v) is 2.44. The van der Waals surface area contributed by atoms with Crippen LogP contribution in [0.4, 0.5) is 4.39 Å². The van der Waals surface area contributed by atoms with Crippen molar-refractivity contribution in [1.29, 1.82) is 0 Å². The van der Waals surface area contributed by atoms with Crippen molar-refractivity contribution < 1.29 is 4.39 Å². The van der Waals surface area contributed by atoms with Crippen LogP contribution in [0.2, 0.25) is 5.02 Å². The molecule has 0 spiro atoms. The Bertz CT molecular complexity index is 347. The van der Waals surface area contributed by atoms with Crippen LogP contribution in [0.1, 0.15) is 18.9 Å². The maximum atomic E-state index is 12.9. The highest BCUT2D eigenvalue weighted by molar-refractivity contribution is 6.30. The lowest BCUT2D eigenvalue weighted by Gasteiger charge is -2.23. The summed E-state index contributed by atoms with van der Waals surface area (Å²) in [5.41, 5.74) is 6.28. The Balaban J connectivity index is 3.07. The molecular weight excluding hydrogens is 201 g/mol. The summed E-state index contributed by atoms with van der Waals surface area (Å²) in [5, 5.41) is 0.100. The SMILES string of the molecule is C=CC[C@@](C)(N)c1ccc(F)c(Cl)c1. The third-order valence-electron chi connectivity index (χ3n) is 2.15. The van der Waals surface area contributed by atoms with E-state index in [1.165, 1.54) is 6.07 Å². The van der Waals surface area contributed by atoms with Gasteiger partial charge in [0.2, 0.25) is 0 Å². The average molecular weight is 214 g/mol. The lowest BCUT2D eigenvalue weighted by Crippen LogP contribution is -2.32. The van der Waals surface area contributed by atoms with Crippen molar-refractivity contribution in [2.75, 3.05) is 0 Å². The second-order valence-electron chi connectivity index (χ2n) is 3.54. The van der Waals surface area contributed by atoms with E-state index < -0.39 is 11.4 Å². The zero-order chi connectivity index (χ0) is 10.8. The van der Waals surface area contributed by atoms with Crippen LogP contribution in [-0.4, -0.2) is 0 Å². The normalized spacial score (nSPS) is 14.9. The summed E-state index contributed by atoms with van der Waals surface area (Å²) in [4.78, 5) is 0. The van der Waals surface area contributed by atoms with Crippen molar-refractivity contribution >= 4 is 11.6 Å². The lowest BCUT2D eigenvalue weighted by atomic mass is 9.90. The topological polar surface area (TPSA) is 26.0 Å². The van der Waals surface area contributed by atoms with E-state index in [2.05, 4.69) is 6.58 Å². The molecule has 0 heterocycles. The summed E-state index contributed by atoms with van der Waals surface area (Å²) in [6.07, 6.45) is 2.35. The molecule has 0 aromatic heterocycles. The molecule has 1 aromatic carbocycles. The highest BCUT2D eigenvalue weighted by Gasteiger charge is 2.20. The van der Waals surface area contributed by atoms with Gasteiger partial charge in [-0.2, -0.15) is 0 Å². The molecule has 3 heteroatoms. The molecule has 0 fully saturated rings. The molecule has 2 N–H and O–H groups in total. The quantitative estimate of drug-likeness (QED) is 0.767. The van der Waals surface area contributed by atoms with Crippen LogP contribution < -0.4 is 5.73 Å². The molecule has 0 aliphatic heterocycles. The molecule has 0 aliphatic rings. The van der Waals surface area contributed by atoms with Crippen LogP contribution in [-0.2, 0) is 5.54 Å². The van der Waals surface area contributed by atoms with E-state index in [0.29, 0.717) is 6.42 Å². The zero-order valence-electron chi connectivity index (χ0n) is 8.06. The minimum Gasteiger partial charge on any atom is -0.321 e. The molecule has 0 radical (unpaired) electrons. The van der Waals surface area contributed by atoms with Gasteiger partial charge in [-0.15, -0.1) is 6.58 Å². The zero-order valence-corrected chi connectivity index (χ0v) is 8.81. The van der Waals surface area contributed by atoms with E-state index in [1.54, 1.807) is 18.2 Å². The minimum atomic E-state index is -0.543. The first kappa shape index (κ1) is 11.2. The van der Waals surface area contributed by atoms with Crippen molar-refractivity contribution in [2.24, 2.45) is 5.73 Å². The first-order valence-corrected chi connectivity index (χ1v) is 4.70. The number of hydrogen-bond donors (Lipinski definition) is 1. The van der Waals surface area contributed by atoms with Gasteiger partial charge in [-0.25, -0.2) is 4.39 Å². The van der Waals surface area contributed by atoms with Gasteiger partial charge in [0.05, 0.1) is 5.02 Å². The highest BCUT2D eigenvalue weighted by Crippen LogP contribution is 2.26. The fourth-order valence-electron chi connectivity index (χ4n) is 1.27. The molecule has 0 saturated carbocycles. The number of rotatable bonds is 3. The van der Waals surface area contributed by atoms with Gasteiger partial charge in [0.25, 0.3) is 0 Å². The van der Waals surface area contributed by atoms with Gasteiger partial charge in [0.1, 0.15) is 5.82 Å². The molecule has 0 aliphatic carbocycles. The first-order valence-electron chi connectivity index (χ1n) is 4.32.